The minimum Gasteiger partial charge on any atom is -0.465 e. The van der Waals surface area contributed by atoms with E-state index in [-0.39, 0.29) is 19.8 Å². The Morgan fingerprint density at radius 1 is 1.13 bits per heavy atom. The van der Waals surface area contributed by atoms with Crippen LogP contribution in [0.1, 0.15) is 18.4 Å². The molecule has 1 aromatic heterocycles. The van der Waals surface area contributed by atoms with Crippen LogP contribution >= 0.6 is 15.9 Å². The average Bonchev–Trinajstić information content (AvgIpc) is 3.18. The van der Waals surface area contributed by atoms with Crippen LogP contribution in [0.25, 0.3) is 11.4 Å². The maximum atomic E-state index is 12.7. The maximum absolute atomic E-state index is 12.7. The van der Waals surface area contributed by atoms with Crippen molar-refractivity contribution < 1.29 is 23.6 Å². The highest BCUT2D eigenvalue weighted by atomic mass is 79.9. The number of hydrogen-bond donors (Lipinski definition) is 0. The normalized spacial score (nSPS) is 10.5. The van der Waals surface area contributed by atoms with Gasteiger partial charge in [0.25, 0.3) is 0 Å². The number of halogens is 1. The molecule has 0 bridgehead atoms. The molecule has 0 N–H and O–H groups in total. The zero-order chi connectivity index (χ0) is 21.5. The first-order valence-corrected chi connectivity index (χ1v) is 10.0. The van der Waals surface area contributed by atoms with E-state index in [1.807, 2.05) is 24.3 Å². The SMILES string of the molecule is CCOC(=O)CN(C(=O)OCc1cccc(-c2noc(C)n2)c1)c1ccc(Br)cc1. The summed E-state index contributed by atoms with van der Waals surface area (Å²) in [6, 6.07) is 14.3. The number of carbonyl (C=O) groups is 2. The molecule has 0 fully saturated rings. The molecule has 0 saturated heterocycles. The molecule has 3 aromatic rings. The molecule has 1 amide bonds. The number of nitrogens with zero attached hydrogens (tertiary/aromatic N) is 3. The van der Waals surface area contributed by atoms with Crippen LogP contribution in [0.5, 0.6) is 0 Å². The van der Waals surface area contributed by atoms with E-state index in [1.54, 1.807) is 38.1 Å². The van der Waals surface area contributed by atoms with Crippen LogP contribution in [-0.4, -0.2) is 35.4 Å². The average molecular weight is 474 g/mol. The molecule has 3 rings (SSSR count). The van der Waals surface area contributed by atoms with E-state index in [2.05, 4.69) is 26.1 Å². The highest BCUT2D eigenvalue weighted by Gasteiger charge is 2.21. The number of esters is 1. The Bertz CT molecular complexity index is 1020. The fraction of sp³-hybridized carbons (Fsp3) is 0.238. The van der Waals surface area contributed by atoms with Crippen molar-refractivity contribution in [3.63, 3.8) is 0 Å². The number of aromatic nitrogens is 2. The second-order valence-corrected chi connectivity index (χ2v) is 7.18. The molecule has 0 aliphatic heterocycles. The highest BCUT2D eigenvalue weighted by Crippen LogP contribution is 2.21. The quantitative estimate of drug-likeness (QED) is 0.465. The largest absolute Gasteiger partial charge is 0.465 e. The van der Waals surface area contributed by atoms with Crippen molar-refractivity contribution in [3.05, 3.63) is 64.5 Å². The fourth-order valence-corrected chi connectivity index (χ4v) is 2.92. The summed E-state index contributed by atoms with van der Waals surface area (Å²) >= 11 is 3.35. The molecule has 1 heterocycles. The molecule has 0 atom stereocenters. The van der Waals surface area contributed by atoms with E-state index in [1.165, 1.54) is 4.90 Å². The van der Waals surface area contributed by atoms with Crippen molar-refractivity contribution in [1.29, 1.82) is 0 Å². The zero-order valence-corrected chi connectivity index (χ0v) is 18.1. The van der Waals surface area contributed by atoms with Gasteiger partial charge in [-0.15, -0.1) is 0 Å². The molecule has 0 saturated carbocycles. The minimum atomic E-state index is -0.661. The third-order valence-electron chi connectivity index (χ3n) is 4.03. The Morgan fingerprint density at radius 3 is 2.57 bits per heavy atom. The summed E-state index contributed by atoms with van der Waals surface area (Å²) in [4.78, 5) is 30.1. The van der Waals surface area contributed by atoms with Crippen molar-refractivity contribution in [2.24, 2.45) is 0 Å². The van der Waals surface area contributed by atoms with Gasteiger partial charge in [-0.2, -0.15) is 4.98 Å². The van der Waals surface area contributed by atoms with E-state index < -0.39 is 12.1 Å². The molecule has 156 valence electrons. The maximum Gasteiger partial charge on any atom is 0.415 e. The summed E-state index contributed by atoms with van der Waals surface area (Å²) in [5.74, 6) is 0.400. The zero-order valence-electron chi connectivity index (χ0n) is 16.5. The molecular formula is C21H20BrN3O5. The van der Waals surface area contributed by atoms with E-state index in [4.69, 9.17) is 14.0 Å². The summed E-state index contributed by atoms with van der Waals surface area (Å²) in [5, 5.41) is 3.89. The Morgan fingerprint density at radius 2 is 1.90 bits per heavy atom. The number of rotatable bonds is 7. The molecule has 0 aliphatic rings. The highest BCUT2D eigenvalue weighted by molar-refractivity contribution is 9.10. The van der Waals surface area contributed by atoms with Gasteiger partial charge in [-0.1, -0.05) is 39.3 Å². The summed E-state index contributed by atoms with van der Waals surface area (Å²) in [6.45, 7) is 3.40. The summed E-state index contributed by atoms with van der Waals surface area (Å²) in [5.41, 5.74) is 2.01. The first-order chi connectivity index (χ1) is 14.5. The van der Waals surface area contributed by atoms with Crippen LogP contribution in [-0.2, 0) is 20.9 Å². The summed E-state index contributed by atoms with van der Waals surface area (Å²) in [7, 11) is 0. The first-order valence-electron chi connectivity index (χ1n) is 9.21. The number of hydrogen-bond acceptors (Lipinski definition) is 7. The number of anilines is 1. The Kier molecular flexibility index (Phi) is 7.18. The Balaban J connectivity index is 1.72. The second kappa shape index (κ2) is 10.0. The third-order valence-corrected chi connectivity index (χ3v) is 4.55. The molecule has 0 radical (unpaired) electrons. The predicted molar refractivity (Wildman–Crippen MR) is 113 cm³/mol. The second-order valence-electron chi connectivity index (χ2n) is 6.26. The van der Waals surface area contributed by atoms with Crippen molar-refractivity contribution in [2.75, 3.05) is 18.1 Å². The van der Waals surface area contributed by atoms with Crippen molar-refractivity contribution in [3.8, 4) is 11.4 Å². The van der Waals surface area contributed by atoms with Crippen molar-refractivity contribution in [1.82, 2.24) is 10.1 Å². The van der Waals surface area contributed by atoms with E-state index >= 15 is 0 Å². The van der Waals surface area contributed by atoms with Crippen LogP contribution < -0.4 is 4.90 Å². The lowest BCUT2D eigenvalue weighted by Crippen LogP contribution is -2.37. The molecule has 0 aliphatic carbocycles. The van der Waals surface area contributed by atoms with Crippen LogP contribution in [0.4, 0.5) is 10.5 Å². The van der Waals surface area contributed by atoms with E-state index in [9.17, 15) is 9.59 Å². The van der Waals surface area contributed by atoms with Gasteiger partial charge in [-0.25, -0.2) is 4.79 Å². The number of benzene rings is 2. The summed E-state index contributed by atoms with van der Waals surface area (Å²) < 4.78 is 16.3. The molecule has 30 heavy (non-hydrogen) atoms. The monoisotopic (exact) mass is 473 g/mol. The van der Waals surface area contributed by atoms with Gasteiger partial charge < -0.3 is 14.0 Å². The van der Waals surface area contributed by atoms with E-state index in [0.717, 1.165) is 15.6 Å². The summed E-state index contributed by atoms with van der Waals surface area (Å²) in [6.07, 6.45) is -0.661. The van der Waals surface area contributed by atoms with Crippen molar-refractivity contribution >= 4 is 33.7 Å². The van der Waals surface area contributed by atoms with Crippen LogP contribution in [0.3, 0.4) is 0 Å². The standard InChI is InChI=1S/C21H20BrN3O5/c1-3-28-19(26)12-25(18-9-7-17(22)8-10-18)21(27)29-13-15-5-4-6-16(11-15)20-23-14(2)30-24-20/h4-11H,3,12-13H2,1-2H3. The fourth-order valence-electron chi connectivity index (χ4n) is 2.66. The van der Waals surface area contributed by atoms with Crippen molar-refractivity contribution in [2.45, 2.75) is 20.5 Å². The number of aryl methyl sites for hydroxylation is 1. The molecule has 0 spiro atoms. The predicted octanol–water partition coefficient (Wildman–Crippen LogP) is 4.51. The minimum absolute atomic E-state index is 0.0133. The topological polar surface area (TPSA) is 94.8 Å². The lowest BCUT2D eigenvalue weighted by Gasteiger charge is -2.21. The molecule has 2 aromatic carbocycles. The van der Waals surface area contributed by atoms with Gasteiger partial charge >= 0.3 is 12.1 Å². The van der Waals surface area contributed by atoms with Crippen LogP contribution in [0.2, 0.25) is 0 Å². The number of ether oxygens (including phenoxy) is 2. The van der Waals surface area contributed by atoms with Gasteiger partial charge in [0.05, 0.1) is 6.61 Å². The lowest BCUT2D eigenvalue weighted by molar-refractivity contribution is -0.141. The van der Waals surface area contributed by atoms with E-state index in [0.29, 0.717) is 17.4 Å². The molecule has 8 nitrogen and oxygen atoms in total. The van der Waals surface area contributed by atoms with Crippen LogP contribution in [0.15, 0.2) is 57.5 Å². The van der Waals surface area contributed by atoms with Gasteiger partial charge in [-0.3, -0.25) is 9.69 Å². The van der Waals surface area contributed by atoms with Crippen LogP contribution in [0, 0.1) is 6.92 Å². The number of amides is 1. The number of carbonyl (C=O) groups excluding carboxylic acids is 2. The third kappa shape index (κ3) is 5.66. The van der Waals surface area contributed by atoms with Gasteiger partial charge in [0.2, 0.25) is 11.7 Å². The van der Waals surface area contributed by atoms with Gasteiger partial charge in [0.15, 0.2) is 0 Å². The first kappa shape index (κ1) is 21.5. The van der Waals surface area contributed by atoms with Gasteiger partial charge in [-0.05, 0) is 42.8 Å². The smallest absolute Gasteiger partial charge is 0.415 e. The van der Waals surface area contributed by atoms with Gasteiger partial charge in [0.1, 0.15) is 13.2 Å². The molecule has 0 unspecified atom stereocenters. The molecule has 9 heteroatoms. The Hall–Kier alpha value is -3.20. The molecular weight excluding hydrogens is 454 g/mol. The van der Waals surface area contributed by atoms with Gasteiger partial charge in [0, 0.05) is 22.6 Å². The lowest BCUT2D eigenvalue weighted by atomic mass is 10.1. The Labute approximate surface area is 181 Å².